The lowest BCUT2D eigenvalue weighted by Crippen LogP contribution is -2.38. The largest absolute Gasteiger partial charge is 0.396 e. The van der Waals surface area contributed by atoms with Crippen LogP contribution < -0.4 is 0 Å². The quantitative estimate of drug-likeness (QED) is 0.764. The van der Waals surface area contributed by atoms with Crippen molar-refractivity contribution in [2.24, 2.45) is 11.8 Å². The predicted octanol–water partition coefficient (Wildman–Crippen LogP) is 2.16. The maximum absolute atomic E-state index is 9.30. The molecule has 1 N–H and O–H groups in total. The highest BCUT2D eigenvalue weighted by molar-refractivity contribution is 4.96. The number of hydrogen-bond acceptors (Lipinski definition) is 3. The molecule has 0 amide bonds. The van der Waals surface area contributed by atoms with Crippen molar-refractivity contribution in [2.45, 2.75) is 51.0 Å². The fraction of sp³-hybridized carbons (Fsp3) is 0.929. The second-order valence-electron chi connectivity index (χ2n) is 5.60. The van der Waals surface area contributed by atoms with Gasteiger partial charge in [0.15, 0.2) is 0 Å². The SMILES string of the molecule is N#CC1CCCCCC1N1CCC(CCO)C1. The maximum atomic E-state index is 9.30. The average Bonchev–Trinajstić information content (AvgIpc) is 2.66. The molecule has 2 aliphatic rings. The summed E-state index contributed by atoms with van der Waals surface area (Å²) in [6.07, 6.45) is 8.22. The van der Waals surface area contributed by atoms with Gasteiger partial charge in [-0.1, -0.05) is 19.3 Å². The maximum Gasteiger partial charge on any atom is 0.0672 e. The molecule has 0 radical (unpaired) electrons. The van der Waals surface area contributed by atoms with Crippen LogP contribution in [0.5, 0.6) is 0 Å². The molecule has 1 saturated carbocycles. The van der Waals surface area contributed by atoms with Gasteiger partial charge in [-0.15, -0.1) is 0 Å². The van der Waals surface area contributed by atoms with Crippen molar-refractivity contribution in [1.29, 1.82) is 5.26 Å². The lowest BCUT2D eigenvalue weighted by Gasteiger charge is -2.30. The molecule has 0 spiro atoms. The third kappa shape index (κ3) is 3.20. The van der Waals surface area contributed by atoms with Crippen molar-refractivity contribution in [1.82, 2.24) is 4.90 Å². The molecule has 2 fully saturated rings. The summed E-state index contributed by atoms with van der Waals surface area (Å²) in [4.78, 5) is 2.53. The summed E-state index contributed by atoms with van der Waals surface area (Å²) in [5, 5.41) is 18.3. The first-order valence-corrected chi connectivity index (χ1v) is 7.09. The van der Waals surface area contributed by atoms with Gasteiger partial charge in [-0.3, -0.25) is 4.90 Å². The molecule has 96 valence electrons. The molecule has 17 heavy (non-hydrogen) atoms. The number of rotatable bonds is 3. The highest BCUT2D eigenvalue weighted by atomic mass is 16.3. The lowest BCUT2D eigenvalue weighted by atomic mass is 9.95. The van der Waals surface area contributed by atoms with Gasteiger partial charge in [0, 0.05) is 19.2 Å². The van der Waals surface area contributed by atoms with Gasteiger partial charge in [0.1, 0.15) is 0 Å². The summed E-state index contributed by atoms with van der Waals surface area (Å²) in [6.45, 7) is 2.54. The van der Waals surface area contributed by atoms with E-state index in [-0.39, 0.29) is 5.92 Å². The Hall–Kier alpha value is -0.590. The van der Waals surface area contributed by atoms with E-state index in [2.05, 4.69) is 11.0 Å². The Balaban J connectivity index is 1.93. The summed E-state index contributed by atoms with van der Waals surface area (Å²) in [5.41, 5.74) is 0. The van der Waals surface area contributed by atoms with Gasteiger partial charge in [0.05, 0.1) is 12.0 Å². The summed E-state index contributed by atoms with van der Waals surface area (Å²) in [6, 6.07) is 3.02. The molecule has 0 aromatic carbocycles. The summed E-state index contributed by atoms with van der Waals surface area (Å²) >= 11 is 0. The Morgan fingerprint density at radius 1 is 1.18 bits per heavy atom. The Morgan fingerprint density at radius 2 is 2.00 bits per heavy atom. The summed E-state index contributed by atoms with van der Waals surface area (Å²) < 4.78 is 0. The van der Waals surface area contributed by atoms with E-state index in [1.807, 2.05) is 0 Å². The predicted molar refractivity (Wildman–Crippen MR) is 67.4 cm³/mol. The zero-order chi connectivity index (χ0) is 12.1. The van der Waals surface area contributed by atoms with E-state index in [0.29, 0.717) is 18.6 Å². The molecular formula is C14H24N2O. The number of aliphatic hydroxyl groups excluding tert-OH is 1. The van der Waals surface area contributed by atoms with Crippen LogP contribution in [0.1, 0.15) is 44.9 Å². The molecule has 0 bridgehead atoms. The molecule has 2 rings (SSSR count). The molecule has 0 aromatic heterocycles. The van der Waals surface area contributed by atoms with Gasteiger partial charge in [-0.2, -0.15) is 5.26 Å². The van der Waals surface area contributed by atoms with Crippen LogP contribution in [-0.2, 0) is 0 Å². The van der Waals surface area contributed by atoms with Gasteiger partial charge >= 0.3 is 0 Å². The smallest absolute Gasteiger partial charge is 0.0672 e. The lowest BCUT2D eigenvalue weighted by molar-refractivity contribution is 0.177. The molecular weight excluding hydrogens is 212 g/mol. The van der Waals surface area contributed by atoms with E-state index in [4.69, 9.17) is 5.11 Å². The molecule has 3 heteroatoms. The van der Waals surface area contributed by atoms with Crippen molar-refractivity contribution in [3.05, 3.63) is 0 Å². The van der Waals surface area contributed by atoms with E-state index in [1.165, 1.54) is 32.1 Å². The summed E-state index contributed by atoms with van der Waals surface area (Å²) in [7, 11) is 0. The number of nitriles is 1. The van der Waals surface area contributed by atoms with E-state index in [1.54, 1.807) is 0 Å². The molecule has 3 nitrogen and oxygen atoms in total. The Bertz CT molecular complexity index is 274. The fourth-order valence-electron chi connectivity index (χ4n) is 3.46. The normalized spacial score (nSPS) is 35.4. The van der Waals surface area contributed by atoms with E-state index < -0.39 is 0 Å². The van der Waals surface area contributed by atoms with Crippen LogP contribution in [0.15, 0.2) is 0 Å². The third-order valence-electron chi connectivity index (χ3n) is 4.47. The zero-order valence-electron chi connectivity index (χ0n) is 10.6. The first-order chi connectivity index (χ1) is 8.35. The van der Waals surface area contributed by atoms with Crippen LogP contribution >= 0.6 is 0 Å². The van der Waals surface area contributed by atoms with Crippen LogP contribution in [0.25, 0.3) is 0 Å². The minimum Gasteiger partial charge on any atom is -0.396 e. The number of nitrogens with zero attached hydrogens (tertiary/aromatic N) is 2. The van der Waals surface area contributed by atoms with Crippen molar-refractivity contribution in [3.63, 3.8) is 0 Å². The van der Waals surface area contributed by atoms with Crippen LogP contribution in [0, 0.1) is 23.2 Å². The fourth-order valence-corrected chi connectivity index (χ4v) is 3.46. The van der Waals surface area contributed by atoms with E-state index in [0.717, 1.165) is 25.9 Å². The standard InChI is InChI=1S/C14H24N2O/c15-10-13-4-2-1-3-5-14(13)16-8-6-12(11-16)7-9-17/h12-14,17H,1-9,11H2. The zero-order valence-corrected chi connectivity index (χ0v) is 10.6. The highest BCUT2D eigenvalue weighted by Gasteiger charge is 2.33. The van der Waals surface area contributed by atoms with Crippen molar-refractivity contribution in [2.75, 3.05) is 19.7 Å². The van der Waals surface area contributed by atoms with Gasteiger partial charge in [-0.05, 0) is 38.1 Å². The second kappa shape index (κ2) is 6.37. The van der Waals surface area contributed by atoms with Gasteiger partial charge < -0.3 is 5.11 Å². The Morgan fingerprint density at radius 3 is 2.76 bits per heavy atom. The van der Waals surface area contributed by atoms with Gasteiger partial charge in [0.25, 0.3) is 0 Å². The van der Waals surface area contributed by atoms with E-state index >= 15 is 0 Å². The van der Waals surface area contributed by atoms with Gasteiger partial charge in [-0.25, -0.2) is 0 Å². The highest BCUT2D eigenvalue weighted by Crippen LogP contribution is 2.31. The van der Waals surface area contributed by atoms with Crippen molar-refractivity contribution in [3.8, 4) is 6.07 Å². The average molecular weight is 236 g/mol. The molecule has 1 aliphatic carbocycles. The molecule has 0 aromatic rings. The first-order valence-electron chi connectivity index (χ1n) is 7.09. The number of hydrogen-bond donors (Lipinski definition) is 1. The molecule has 3 unspecified atom stereocenters. The first kappa shape index (κ1) is 12.9. The van der Waals surface area contributed by atoms with Crippen LogP contribution in [0.4, 0.5) is 0 Å². The minimum atomic E-state index is 0.241. The van der Waals surface area contributed by atoms with Crippen LogP contribution in [0.3, 0.4) is 0 Å². The molecule has 1 aliphatic heterocycles. The molecule has 1 heterocycles. The second-order valence-corrected chi connectivity index (χ2v) is 5.60. The van der Waals surface area contributed by atoms with Crippen LogP contribution in [0.2, 0.25) is 0 Å². The third-order valence-corrected chi connectivity index (χ3v) is 4.47. The monoisotopic (exact) mass is 236 g/mol. The van der Waals surface area contributed by atoms with Crippen molar-refractivity contribution >= 4 is 0 Å². The van der Waals surface area contributed by atoms with E-state index in [9.17, 15) is 5.26 Å². The van der Waals surface area contributed by atoms with Crippen molar-refractivity contribution < 1.29 is 5.11 Å². The van der Waals surface area contributed by atoms with Crippen LogP contribution in [-0.4, -0.2) is 35.7 Å². The Labute approximate surface area is 104 Å². The topological polar surface area (TPSA) is 47.3 Å². The molecule has 3 atom stereocenters. The summed E-state index contributed by atoms with van der Waals surface area (Å²) in [5.74, 6) is 0.896. The number of likely N-dealkylation sites (tertiary alicyclic amines) is 1. The molecule has 1 saturated heterocycles. The Kier molecular flexibility index (Phi) is 4.82. The van der Waals surface area contributed by atoms with Gasteiger partial charge in [0.2, 0.25) is 0 Å². The minimum absolute atomic E-state index is 0.241. The number of aliphatic hydroxyl groups is 1.